The van der Waals surface area contributed by atoms with Crippen LogP contribution in [0.1, 0.15) is 31.9 Å². The summed E-state index contributed by atoms with van der Waals surface area (Å²) in [4.78, 5) is 26.2. The van der Waals surface area contributed by atoms with Gasteiger partial charge < -0.3 is 25.0 Å². The predicted octanol–water partition coefficient (Wildman–Crippen LogP) is 5.64. The van der Waals surface area contributed by atoms with Gasteiger partial charge >= 0.3 is 0 Å². The molecule has 0 bridgehead atoms. The van der Waals surface area contributed by atoms with Crippen LogP contribution < -0.4 is 20.1 Å². The summed E-state index contributed by atoms with van der Waals surface area (Å²) in [6, 6.07) is 10.2. The van der Waals surface area contributed by atoms with Crippen molar-refractivity contribution >= 4 is 35.5 Å². The maximum Gasteiger partial charge on any atom is 0.258 e. The number of hydrogen-bond donors (Lipinski definition) is 3. The van der Waals surface area contributed by atoms with Crippen molar-refractivity contribution in [1.82, 2.24) is 10.2 Å². The first kappa shape index (κ1) is 30.6. The van der Waals surface area contributed by atoms with E-state index in [0.29, 0.717) is 12.0 Å². The molecular weight excluding hydrogens is 479 g/mol. The summed E-state index contributed by atoms with van der Waals surface area (Å²) in [7, 11) is 4.87. The fraction of sp³-hybridized carbons (Fsp3) is 0.333. The number of aldehydes is 1. The number of halogens is 1. The van der Waals surface area contributed by atoms with E-state index < -0.39 is 11.7 Å². The van der Waals surface area contributed by atoms with Crippen LogP contribution in [-0.4, -0.2) is 44.0 Å². The van der Waals surface area contributed by atoms with Gasteiger partial charge in [0, 0.05) is 38.5 Å². The van der Waals surface area contributed by atoms with Gasteiger partial charge in [-0.25, -0.2) is 4.39 Å². The highest BCUT2D eigenvalue weighted by molar-refractivity contribution is 8.00. The van der Waals surface area contributed by atoms with E-state index in [1.165, 1.54) is 31.1 Å². The van der Waals surface area contributed by atoms with E-state index in [-0.39, 0.29) is 22.8 Å². The van der Waals surface area contributed by atoms with Crippen LogP contribution >= 0.6 is 11.9 Å². The van der Waals surface area contributed by atoms with Gasteiger partial charge in [0.15, 0.2) is 0 Å². The largest absolute Gasteiger partial charge is 0.456 e. The molecule has 0 spiro atoms. The number of amides is 1. The summed E-state index contributed by atoms with van der Waals surface area (Å²) in [6.45, 7) is 9.70. The Hall–Kier alpha value is -3.46. The molecule has 0 heterocycles. The number of anilines is 2. The number of ether oxygens (including phenoxy) is 1. The van der Waals surface area contributed by atoms with E-state index in [0.717, 1.165) is 22.6 Å². The molecule has 0 radical (unpaired) electrons. The van der Waals surface area contributed by atoms with Gasteiger partial charge in [-0.2, -0.15) is 0 Å². The molecular formula is C27H37FN4O3S. The number of allylic oxidation sites excluding steroid dienone is 1. The van der Waals surface area contributed by atoms with Crippen molar-refractivity contribution in [3.8, 4) is 5.75 Å². The van der Waals surface area contributed by atoms with E-state index >= 15 is 0 Å². The first-order chi connectivity index (χ1) is 17.2. The van der Waals surface area contributed by atoms with Crippen LogP contribution in [0.3, 0.4) is 0 Å². The second-order valence-electron chi connectivity index (χ2n) is 7.54. The zero-order chi connectivity index (χ0) is 27.3. The summed E-state index contributed by atoms with van der Waals surface area (Å²) in [6.07, 6.45) is 1.71. The Balaban J connectivity index is 0.00000316. The normalized spacial score (nSPS) is 11.4. The van der Waals surface area contributed by atoms with E-state index in [4.69, 9.17) is 4.74 Å². The Morgan fingerprint density at radius 2 is 1.83 bits per heavy atom. The summed E-state index contributed by atoms with van der Waals surface area (Å²) in [5, 5.41) is 5.56. The Labute approximate surface area is 218 Å². The third-order valence-corrected chi connectivity index (χ3v) is 5.47. The fourth-order valence-electron chi connectivity index (χ4n) is 3.04. The van der Waals surface area contributed by atoms with Gasteiger partial charge in [0.25, 0.3) is 5.91 Å². The molecule has 0 aliphatic heterocycles. The highest BCUT2D eigenvalue weighted by Gasteiger charge is 2.24. The van der Waals surface area contributed by atoms with Crippen LogP contribution in [0.15, 0.2) is 59.6 Å². The lowest BCUT2D eigenvalue weighted by molar-refractivity contribution is -0.117. The molecule has 0 saturated carbocycles. The predicted molar refractivity (Wildman–Crippen MR) is 149 cm³/mol. The van der Waals surface area contributed by atoms with Crippen LogP contribution in [0.5, 0.6) is 5.75 Å². The number of nitrogens with one attached hydrogen (secondary N) is 3. The smallest absolute Gasteiger partial charge is 0.258 e. The second-order valence-corrected chi connectivity index (χ2v) is 8.61. The van der Waals surface area contributed by atoms with Gasteiger partial charge in [-0.15, -0.1) is 0 Å². The highest BCUT2D eigenvalue weighted by atomic mass is 32.2. The Kier molecular flexibility index (Phi) is 13.2. The minimum Gasteiger partial charge on any atom is -0.456 e. The summed E-state index contributed by atoms with van der Waals surface area (Å²) in [5.41, 5.74) is 2.65. The first-order valence-electron chi connectivity index (χ1n) is 11.7. The Morgan fingerprint density at radius 3 is 2.39 bits per heavy atom. The molecule has 0 fully saturated rings. The molecule has 3 N–H and O–H groups in total. The number of nitrogens with zero attached hydrogens (tertiary/aromatic N) is 1. The molecule has 0 aliphatic carbocycles. The van der Waals surface area contributed by atoms with Gasteiger partial charge in [0.05, 0.1) is 11.4 Å². The third kappa shape index (κ3) is 8.34. The lowest BCUT2D eigenvalue weighted by Crippen LogP contribution is -2.31. The lowest BCUT2D eigenvalue weighted by Gasteiger charge is -2.25. The van der Waals surface area contributed by atoms with E-state index in [1.54, 1.807) is 44.1 Å². The lowest BCUT2D eigenvalue weighted by atomic mass is 10.1. The quantitative estimate of drug-likeness (QED) is 0.117. The molecule has 9 heteroatoms. The van der Waals surface area contributed by atoms with Gasteiger partial charge in [0.2, 0.25) is 0 Å². The number of carbonyl (C=O) groups excluding carboxylic acids is 2. The minimum absolute atomic E-state index is 0.0152. The van der Waals surface area contributed by atoms with Crippen molar-refractivity contribution in [2.45, 2.75) is 34.6 Å². The van der Waals surface area contributed by atoms with E-state index in [9.17, 15) is 14.0 Å². The number of benzene rings is 2. The topological polar surface area (TPSA) is 82.7 Å². The first-order valence-corrected chi connectivity index (χ1v) is 12.7. The molecule has 2 rings (SSSR count). The van der Waals surface area contributed by atoms with Gasteiger partial charge in [-0.3, -0.25) is 9.59 Å². The molecule has 36 heavy (non-hydrogen) atoms. The highest BCUT2D eigenvalue weighted by Crippen LogP contribution is 2.31. The maximum absolute atomic E-state index is 14.6. The molecule has 0 saturated heterocycles. The Morgan fingerprint density at radius 1 is 1.14 bits per heavy atom. The van der Waals surface area contributed by atoms with Crippen molar-refractivity contribution < 1.29 is 18.7 Å². The van der Waals surface area contributed by atoms with Crippen molar-refractivity contribution in [2.75, 3.05) is 36.9 Å². The molecule has 0 atom stereocenters. The number of rotatable bonds is 11. The summed E-state index contributed by atoms with van der Waals surface area (Å²) < 4.78 is 24.0. The zero-order valence-corrected chi connectivity index (χ0v) is 23.1. The fourth-order valence-corrected chi connectivity index (χ4v) is 3.56. The van der Waals surface area contributed by atoms with Gasteiger partial charge in [-0.1, -0.05) is 44.9 Å². The molecule has 1 amide bonds. The van der Waals surface area contributed by atoms with Crippen LogP contribution in [0.25, 0.3) is 0 Å². The van der Waals surface area contributed by atoms with Gasteiger partial charge in [0.1, 0.15) is 35.0 Å². The molecule has 7 nitrogen and oxygen atoms in total. The van der Waals surface area contributed by atoms with Crippen LogP contribution in [0, 0.1) is 19.7 Å². The number of hydrogen-bond acceptors (Lipinski definition) is 7. The summed E-state index contributed by atoms with van der Waals surface area (Å²) in [5.74, 6) is 0.629. The molecule has 2 aromatic carbocycles. The van der Waals surface area contributed by atoms with Crippen LogP contribution in [0.2, 0.25) is 0 Å². The molecule has 0 aliphatic rings. The van der Waals surface area contributed by atoms with Crippen molar-refractivity contribution in [1.29, 1.82) is 0 Å². The molecule has 0 aromatic heterocycles. The molecule has 0 unspecified atom stereocenters. The maximum atomic E-state index is 14.6. The van der Waals surface area contributed by atoms with Crippen LogP contribution in [-0.2, 0) is 9.59 Å². The monoisotopic (exact) mass is 516 g/mol. The van der Waals surface area contributed by atoms with E-state index in [1.807, 2.05) is 39.8 Å². The zero-order valence-electron chi connectivity index (χ0n) is 22.3. The molecule has 2 aromatic rings. The van der Waals surface area contributed by atoms with Crippen molar-refractivity contribution in [3.05, 3.63) is 76.6 Å². The number of likely N-dealkylation sites (N-methyl/N-ethyl adjacent to an activating group) is 1. The number of aryl methyl sites for hydroxylation is 1. The average molecular weight is 517 g/mol. The second kappa shape index (κ2) is 15.5. The van der Waals surface area contributed by atoms with Crippen molar-refractivity contribution in [3.63, 3.8) is 0 Å². The SMILES string of the molecule is CC.CCSNc1cccc(OC(=C/C=O)/C(C(=O)NC)=C(/Nc2ccc(C)cc2F)N(C)C)c1C. The van der Waals surface area contributed by atoms with E-state index in [2.05, 4.69) is 15.4 Å². The summed E-state index contributed by atoms with van der Waals surface area (Å²) >= 11 is 1.54. The van der Waals surface area contributed by atoms with Crippen molar-refractivity contribution in [2.24, 2.45) is 0 Å². The van der Waals surface area contributed by atoms with Gasteiger partial charge in [-0.05, 0) is 43.7 Å². The Bertz CT molecular complexity index is 1100. The average Bonchev–Trinajstić information content (AvgIpc) is 2.86. The molecule has 196 valence electrons. The minimum atomic E-state index is -0.509. The standard InChI is InChI=1S/C25H31FN4O3S.C2H6/c1-7-34-29-19-9-8-10-21(17(19)3)33-22(13-14-31)23(25(32)27-4)24(30(5)6)28-20-12-11-16(2)15-18(20)26;1-2/h8-15,28-29H,7H2,1-6H3,(H,27,32);1-2H3/b22-13+,24-23+;. The number of carbonyl (C=O) groups is 2. The van der Waals surface area contributed by atoms with Crippen LogP contribution in [0.4, 0.5) is 15.8 Å². The third-order valence-electron chi connectivity index (χ3n) is 4.81.